The number of hydrogen-bond donors (Lipinski definition) is 1. The second-order valence-corrected chi connectivity index (χ2v) is 7.95. The zero-order valence-corrected chi connectivity index (χ0v) is 17.5. The molecule has 1 aliphatic rings. The van der Waals surface area contributed by atoms with E-state index >= 15 is 0 Å². The molecule has 2 amide bonds. The minimum Gasteiger partial charge on any atom is -0.337 e. The van der Waals surface area contributed by atoms with E-state index in [1.54, 1.807) is 35.2 Å². The first-order valence-corrected chi connectivity index (χ1v) is 10.3. The van der Waals surface area contributed by atoms with Crippen molar-refractivity contribution in [1.82, 2.24) is 15.0 Å². The molecule has 0 aliphatic carbocycles. The minimum absolute atomic E-state index is 0.309. The Morgan fingerprint density at radius 3 is 2.52 bits per heavy atom. The van der Waals surface area contributed by atoms with Gasteiger partial charge in [-0.1, -0.05) is 46.0 Å². The van der Waals surface area contributed by atoms with Gasteiger partial charge in [0.05, 0.1) is 15.7 Å². The van der Waals surface area contributed by atoms with Crippen LogP contribution in [0.25, 0.3) is 11.4 Å². The first-order valence-electron chi connectivity index (χ1n) is 9.14. The molecule has 1 aliphatic heterocycles. The Balaban J connectivity index is 1.56. The smallest absolute Gasteiger partial charge is 0.322 e. The van der Waals surface area contributed by atoms with Crippen LogP contribution in [0.2, 0.25) is 15.1 Å². The summed E-state index contributed by atoms with van der Waals surface area (Å²) in [5, 5.41) is 8.26. The maximum Gasteiger partial charge on any atom is 0.322 e. The SMILES string of the molecule is O=C(Nc1c(Cl)cccc1Cl)N1CCCCC1c1nc(-c2ccc(Cl)cc2)no1. The quantitative estimate of drug-likeness (QED) is 0.496. The largest absolute Gasteiger partial charge is 0.337 e. The van der Waals surface area contributed by atoms with Gasteiger partial charge in [-0.05, 0) is 55.7 Å². The second-order valence-electron chi connectivity index (χ2n) is 6.69. The molecule has 1 saturated heterocycles. The molecule has 4 rings (SSSR count). The Hall–Kier alpha value is -2.28. The highest BCUT2D eigenvalue weighted by molar-refractivity contribution is 6.39. The van der Waals surface area contributed by atoms with Crippen molar-refractivity contribution in [2.24, 2.45) is 0 Å². The number of halogens is 3. The number of nitrogens with zero attached hydrogens (tertiary/aromatic N) is 3. The topological polar surface area (TPSA) is 71.3 Å². The molecule has 0 spiro atoms. The van der Waals surface area contributed by atoms with Gasteiger partial charge >= 0.3 is 6.03 Å². The van der Waals surface area contributed by atoms with E-state index in [0.29, 0.717) is 39.0 Å². The third-order valence-electron chi connectivity index (χ3n) is 4.79. The number of aromatic nitrogens is 2. The standard InChI is InChI=1S/C20H17Cl3N4O2/c21-13-9-7-12(8-10-13)18-25-19(29-26-18)16-6-1-2-11-27(16)20(28)24-17-14(22)4-3-5-15(17)23/h3-5,7-10,16H,1-2,6,11H2,(H,24,28). The molecule has 1 N–H and O–H groups in total. The molecule has 2 heterocycles. The summed E-state index contributed by atoms with van der Waals surface area (Å²) in [5.74, 6) is 0.854. The summed E-state index contributed by atoms with van der Waals surface area (Å²) >= 11 is 18.3. The number of carbonyl (C=O) groups is 1. The number of anilines is 1. The number of para-hydroxylation sites is 1. The Kier molecular flexibility index (Phi) is 5.94. The van der Waals surface area contributed by atoms with Gasteiger partial charge in [0.2, 0.25) is 11.7 Å². The fourth-order valence-corrected chi connectivity index (χ4v) is 3.93. The van der Waals surface area contributed by atoms with E-state index < -0.39 is 0 Å². The van der Waals surface area contributed by atoms with Gasteiger partial charge in [0, 0.05) is 17.1 Å². The summed E-state index contributed by atoms with van der Waals surface area (Å²) in [5.41, 5.74) is 1.18. The Morgan fingerprint density at radius 1 is 1.07 bits per heavy atom. The average molecular weight is 452 g/mol. The van der Waals surface area contributed by atoms with Crippen molar-refractivity contribution in [1.29, 1.82) is 0 Å². The lowest BCUT2D eigenvalue weighted by Crippen LogP contribution is -2.41. The van der Waals surface area contributed by atoms with E-state index in [9.17, 15) is 4.79 Å². The maximum atomic E-state index is 13.0. The van der Waals surface area contributed by atoms with Crippen LogP contribution in [0.3, 0.4) is 0 Å². The van der Waals surface area contributed by atoms with E-state index in [-0.39, 0.29) is 12.1 Å². The molecular weight excluding hydrogens is 435 g/mol. The lowest BCUT2D eigenvalue weighted by atomic mass is 10.0. The van der Waals surface area contributed by atoms with Crippen molar-refractivity contribution in [2.75, 3.05) is 11.9 Å². The van der Waals surface area contributed by atoms with Crippen LogP contribution in [0.4, 0.5) is 10.5 Å². The summed E-state index contributed by atoms with van der Waals surface area (Å²) in [7, 11) is 0. The molecule has 1 atom stereocenters. The van der Waals surface area contributed by atoms with Crippen LogP contribution in [0.1, 0.15) is 31.2 Å². The van der Waals surface area contributed by atoms with Crippen molar-refractivity contribution < 1.29 is 9.32 Å². The van der Waals surface area contributed by atoms with Crippen LogP contribution in [0, 0.1) is 0 Å². The summed E-state index contributed by atoms with van der Waals surface area (Å²) < 4.78 is 5.50. The summed E-state index contributed by atoms with van der Waals surface area (Å²) in [6.07, 6.45) is 2.57. The fraction of sp³-hybridized carbons (Fsp3) is 0.250. The molecule has 1 aromatic heterocycles. The highest BCUT2D eigenvalue weighted by Gasteiger charge is 2.32. The number of rotatable bonds is 3. The molecule has 150 valence electrons. The van der Waals surface area contributed by atoms with Crippen LogP contribution in [0.15, 0.2) is 47.0 Å². The summed E-state index contributed by atoms with van der Waals surface area (Å²) in [6.45, 7) is 0.567. The van der Waals surface area contributed by atoms with Gasteiger partial charge in [0.1, 0.15) is 6.04 Å². The van der Waals surface area contributed by atoms with E-state index in [4.69, 9.17) is 39.3 Å². The van der Waals surface area contributed by atoms with Gasteiger partial charge < -0.3 is 14.7 Å². The molecule has 9 heteroatoms. The Bertz CT molecular complexity index is 1000. The zero-order valence-electron chi connectivity index (χ0n) is 15.2. The van der Waals surface area contributed by atoms with Gasteiger partial charge in [-0.25, -0.2) is 4.79 Å². The molecule has 0 saturated carbocycles. The Labute approximate surface area is 182 Å². The third kappa shape index (κ3) is 4.34. The van der Waals surface area contributed by atoms with E-state index in [1.165, 1.54) is 0 Å². The fourth-order valence-electron chi connectivity index (χ4n) is 3.31. The van der Waals surface area contributed by atoms with Crippen LogP contribution in [-0.2, 0) is 0 Å². The van der Waals surface area contributed by atoms with E-state index in [1.807, 2.05) is 12.1 Å². The molecule has 29 heavy (non-hydrogen) atoms. The van der Waals surface area contributed by atoms with E-state index in [0.717, 1.165) is 24.8 Å². The van der Waals surface area contributed by atoms with Crippen molar-refractivity contribution in [3.63, 3.8) is 0 Å². The first kappa shape index (κ1) is 20.0. The highest BCUT2D eigenvalue weighted by Crippen LogP contribution is 2.34. The zero-order chi connectivity index (χ0) is 20.4. The predicted octanol–water partition coefficient (Wildman–Crippen LogP) is 6.46. The molecule has 0 bridgehead atoms. The molecule has 3 aromatic rings. The molecule has 1 unspecified atom stereocenters. The second kappa shape index (κ2) is 8.61. The summed E-state index contributed by atoms with van der Waals surface area (Å²) in [4.78, 5) is 19.2. The number of hydrogen-bond acceptors (Lipinski definition) is 4. The van der Waals surface area contributed by atoms with Gasteiger partial charge in [-0.15, -0.1) is 0 Å². The number of urea groups is 1. The number of piperidine rings is 1. The van der Waals surface area contributed by atoms with Gasteiger partial charge in [0.15, 0.2) is 0 Å². The maximum absolute atomic E-state index is 13.0. The van der Waals surface area contributed by atoms with Crippen LogP contribution >= 0.6 is 34.8 Å². The molecule has 2 aromatic carbocycles. The van der Waals surface area contributed by atoms with Crippen molar-refractivity contribution in [3.05, 3.63) is 63.4 Å². The van der Waals surface area contributed by atoms with Crippen LogP contribution in [0.5, 0.6) is 0 Å². The molecular formula is C20H17Cl3N4O2. The van der Waals surface area contributed by atoms with Crippen LogP contribution < -0.4 is 5.32 Å². The number of benzene rings is 2. The third-order valence-corrected chi connectivity index (χ3v) is 5.67. The van der Waals surface area contributed by atoms with Gasteiger partial charge in [-0.3, -0.25) is 0 Å². The van der Waals surface area contributed by atoms with Crippen molar-refractivity contribution in [3.8, 4) is 11.4 Å². The molecule has 6 nitrogen and oxygen atoms in total. The summed E-state index contributed by atoms with van der Waals surface area (Å²) in [6, 6.07) is 11.6. The number of amides is 2. The number of carbonyl (C=O) groups excluding carboxylic acids is 1. The lowest BCUT2D eigenvalue weighted by molar-refractivity contribution is 0.142. The monoisotopic (exact) mass is 450 g/mol. The van der Waals surface area contributed by atoms with Crippen molar-refractivity contribution >= 4 is 46.5 Å². The number of likely N-dealkylation sites (tertiary alicyclic amines) is 1. The predicted molar refractivity (Wildman–Crippen MR) is 114 cm³/mol. The minimum atomic E-state index is -0.321. The first-order chi connectivity index (χ1) is 14.0. The van der Waals surface area contributed by atoms with Gasteiger partial charge in [0.25, 0.3) is 0 Å². The number of nitrogens with one attached hydrogen (secondary N) is 1. The average Bonchev–Trinajstić information content (AvgIpc) is 3.21. The molecule has 0 radical (unpaired) electrons. The van der Waals surface area contributed by atoms with Crippen LogP contribution in [-0.4, -0.2) is 27.6 Å². The normalized spacial score (nSPS) is 16.7. The lowest BCUT2D eigenvalue weighted by Gasteiger charge is -2.33. The van der Waals surface area contributed by atoms with Gasteiger partial charge in [-0.2, -0.15) is 4.98 Å². The Morgan fingerprint density at radius 2 is 1.79 bits per heavy atom. The van der Waals surface area contributed by atoms with Crippen molar-refractivity contribution in [2.45, 2.75) is 25.3 Å². The van der Waals surface area contributed by atoms with E-state index in [2.05, 4.69) is 15.5 Å². The highest BCUT2D eigenvalue weighted by atomic mass is 35.5. The molecule has 1 fully saturated rings.